The lowest BCUT2D eigenvalue weighted by Crippen LogP contribution is -2.38. The van der Waals surface area contributed by atoms with Gasteiger partial charge >= 0.3 is 0 Å². The molecule has 0 radical (unpaired) electrons. The summed E-state index contributed by atoms with van der Waals surface area (Å²) in [5, 5.41) is 6.09. The van der Waals surface area contributed by atoms with Crippen LogP contribution >= 0.6 is 0 Å². The summed E-state index contributed by atoms with van der Waals surface area (Å²) in [5.74, 6) is 1.06. The van der Waals surface area contributed by atoms with Crippen LogP contribution in [0, 0.1) is 12.8 Å². The van der Waals surface area contributed by atoms with Crippen LogP contribution in [0.3, 0.4) is 0 Å². The lowest BCUT2D eigenvalue weighted by Gasteiger charge is -2.35. The van der Waals surface area contributed by atoms with Crippen molar-refractivity contribution in [3.8, 4) is 0 Å². The molecule has 2 N–H and O–H groups in total. The molecule has 1 fully saturated rings. The van der Waals surface area contributed by atoms with Gasteiger partial charge in [0.05, 0.1) is 0 Å². The van der Waals surface area contributed by atoms with Crippen molar-refractivity contribution in [2.75, 3.05) is 26.2 Å². The Kier molecular flexibility index (Phi) is 7.25. The van der Waals surface area contributed by atoms with Crippen molar-refractivity contribution in [2.24, 2.45) is 5.92 Å². The van der Waals surface area contributed by atoms with Gasteiger partial charge in [0, 0.05) is 55.0 Å². The summed E-state index contributed by atoms with van der Waals surface area (Å²) >= 11 is 0. The van der Waals surface area contributed by atoms with E-state index in [4.69, 9.17) is 0 Å². The number of H-pyrrole nitrogens is 1. The number of allylic oxidation sites excluding steroid dienone is 2. The monoisotopic (exact) mass is 437 g/mol. The fourth-order valence-electron chi connectivity index (χ4n) is 5.06. The first-order chi connectivity index (χ1) is 15.5. The summed E-state index contributed by atoms with van der Waals surface area (Å²) in [7, 11) is 0. The average Bonchev–Trinajstić information content (AvgIpc) is 3.22. The summed E-state index contributed by atoms with van der Waals surface area (Å²) in [6.45, 7) is 9.23. The molecule has 172 valence electrons. The van der Waals surface area contributed by atoms with E-state index in [0.29, 0.717) is 35.8 Å². The van der Waals surface area contributed by atoms with E-state index in [2.05, 4.69) is 39.0 Å². The zero-order chi connectivity index (χ0) is 22.5. The molecule has 7 nitrogen and oxygen atoms in total. The summed E-state index contributed by atoms with van der Waals surface area (Å²) in [4.78, 5) is 32.3. The lowest BCUT2D eigenvalue weighted by molar-refractivity contribution is -0.120. The van der Waals surface area contributed by atoms with E-state index >= 15 is 0 Å². The number of nitrogens with one attached hydrogen (secondary N) is 2. The number of fused-ring (bicyclic) bond motifs is 1. The van der Waals surface area contributed by atoms with Gasteiger partial charge in [-0.2, -0.15) is 0 Å². The molecule has 1 aliphatic heterocycles. The SMILES string of the molecule is C=CCNC(=O)CCc1c(C)nc2cc([C@@H]3CCCN(C[C@@H]4CC=CCC4)C3)[nH]n2c1=O. The molecule has 7 heteroatoms. The van der Waals surface area contributed by atoms with Gasteiger partial charge in [-0.1, -0.05) is 18.2 Å². The number of nitrogens with zero attached hydrogens (tertiary/aromatic N) is 3. The molecule has 2 aromatic heterocycles. The standard InChI is InChI=1S/C25H35N5O2/c1-3-13-26-24(31)12-11-21-18(2)27-23-15-22(28-30(23)25(21)32)20-10-7-14-29(17-20)16-19-8-5-4-6-9-19/h3-5,15,19-20,28H,1,6-14,16-17H2,2H3,(H,26,31)/t19-,20-/m1/s1. The van der Waals surface area contributed by atoms with Gasteiger partial charge in [0.1, 0.15) is 0 Å². The molecular weight excluding hydrogens is 402 g/mol. The zero-order valence-electron chi connectivity index (χ0n) is 19.1. The Hall–Kier alpha value is -2.67. The van der Waals surface area contributed by atoms with Crippen LogP contribution in [0.5, 0.6) is 0 Å². The number of hydrogen-bond acceptors (Lipinski definition) is 4. The average molecular weight is 438 g/mol. The molecule has 0 saturated carbocycles. The van der Waals surface area contributed by atoms with E-state index < -0.39 is 0 Å². The van der Waals surface area contributed by atoms with E-state index in [0.717, 1.165) is 37.7 Å². The molecule has 1 amide bonds. The number of piperidine rings is 1. The van der Waals surface area contributed by atoms with E-state index in [1.54, 1.807) is 10.6 Å². The zero-order valence-corrected chi connectivity index (χ0v) is 19.1. The Labute approximate surface area is 189 Å². The number of carbonyl (C=O) groups excluding carboxylic acids is 1. The van der Waals surface area contributed by atoms with Crippen molar-refractivity contribution < 1.29 is 4.79 Å². The van der Waals surface area contributed by atoms with Gasteiger partial charge in [0.2, 0.25) is 5.91 Å². The summed E-state index contributed by atoms with van der Waals surface area (Å²) < 4.78 is 1.56. The number of carbonyl (C=O) groups is 1. The second kappa shape index (κ2) is 10.3. The van der Waals surface area contributed by atoms with Gasteiger partial charge in [-0.25, -0.2) is 9.50 Å². The van der Waals surface area contributed by atoms with Gasteiger partial charge in [-0.05, 0) is 57.9 Å². The van der Waals surface area contributed by atoms with Crippen molar-refractivity contribution in [2.45, 2.75) is 57.8 Å². The van der Waals surface area contributed by atoms with Gasteiger partial charge in [0.25, 0.3) is 5.56 Å². The number of rotatable bonds is 8. The van der Waals surface area contributed by atoms with Crippen LogP contribution in [0.4, 0.5) is 0 Å². The van der Waals surface area contributed by atoms with Crippen LogP contribution in [-0.4, -0.2) is 51.6 Å². The summed E-state index contributed by atoms with van der Waals surface area (Å²) in [5.41, 5.74) is 2.95. The maximum absolute atomic E-state index is 13.1. The first-order valence-corrected chi connectivity index (χ1v) is 11.9. The van der Waals surface area contributed by atoms with Gasteiger partial charge in [-0.15, -0.1) is 6.58 Å². The minimum atomic E-state index is -0.100. The van der Waals surface area contributed by atoms with E-state index in [9.17, 15) is 9.59 Å². The van der Waals surface area contributed by atoms with Crippen LogP contribution in [0.1, 0.15) is 61.4 Å². The van der Waals surface area contributed by atoms with E-state index in [1.165, 1.54) is 25.7 Å². The molecular formula is C25H35N5O2. The van der Waals surface area contributed by atoms with Crippen LogP contribution < -0.4 is 10.9 Å². The third-order valence-electron chi connectivity index (χ3n) is 6.82. The smallest absolute Gasteiger partial charge is 0.276 e. The van der Waals surface area contributed by atoms with Crippen molar-refractivity contribution in [3.63, 3.8) is 0 Å². The minimum Gasteiger partial charge on any atom is -0.353 e. The van der Waals surface area contributed by atoms with Gasteiger partial charge < -0.3 is 10.2 Å². The van der Waals surface area contributed by atoms with Crippen molar-refractivity contribution >= 4 is 11.6 Å². The topological polar surface area (TPSA) is 82.5 Å². The molecule has 3 heterocycles. The number of aromatic nitrogens is 3. The maximum Gasteiger partial charge on any atom is 0.276 e. The quantitative estimate of drug-likeness (QED) is 0.622. The molecule has 2 aromatic rings. The van der Waals surface area contributed by atoms with Crippen LogP contribution in [0.2, 0.25) is 0 Å². The summed E-state index contributed by atoms with van der Waals surface area (Å²) in [6, 6.07) is 2.03. The van der Waals surface area contributed by atoms with E-state index in [-0.39, 0.29) is 17.9 Å². The Morgan fingerprint density at radius 2 is 2.25 bits per heavy atom. The fourth-order valence-corrected chi connectivity index (χ4v) is 5.06. The Bertz CT molecular complexity index is 1050. The Morgan fingerprint density at radius 3 is 3.03 bits per heavy atom. The largest absolute Gasteiger partial charge is 0.353 e. The van der Waals surface area contributed by atoms with Crippen LogP contribution in [0.15, 0.2) is 35.7 Å². The third-order valence-corrected chi connectivity index (χ3v) is 6.82. The second-order valence-corrected chi connectivity index (χ2v) is 9.23. The highest BCUT2D eigenvalue weighted by molar-refractivity contribution is 5.76. The minimum absolute atomic E-state index is 0.0864. The summed E-state index contributed by atoms with van der Waals surface area (Å²) in [6.07, 6.45) is 12.9. The predicted octanol–water partition coefficient (Wildman–Crippen LogP) is 3.10. The molecule has 0 aromatic carbocycles. The molecule has 0 unspecified atom stereocenters. The first kappa shape index (κ1) is 22.5. The molecule has 2 aliphatic rings. The van der Waals surface area contributed by atoms with Crippen LogP contribution in [0.25, 0.3) is 5.65 Å². The van der Waals surface area contributed by atoms with Gasteiger partial charge in [0.15, 0.2) is 5.65 Å². The molecule has 32 heavy (non-hydrogen) atoms. The molecule has 2 atom stereocenters. The van der Waals surface area contributed by atoms with Crippen molar-refractivity contribution in [1.82, 2.24) is 24.8 Å². The normalized spacial score (nSPS) is 21.7. The van der Waals surface area contributed by atoms with Crippen molar-refractivity contribution in [1.29, 1.82) is 0 Å². The second-order valence-electron chi connectivity index (χ2n) is 9.23. The number of aryl methyl sites for hydroxylation is 1. The number of hydrogen-bond donors (Lipinski definition) is 2. The highest BCUT2D eigenvalue weighted by Gasteiger charge is 2.25. The van der Waals surface area contributed by atoms with E-state index in [1.807, 2.05) is 13.0 Å². The number of aromatic amines is 1. The molecule has 0 bridgehead atoms. The predicted molar refractivity (Wildman–Crippen MR) is 127 cm³/mol. The Morgan fingerprint density at radius 1 is 1.38 bits per heavy atom. The first-order valence-electron chi connectivity index (χ1n) is 11.9. The lowest BCUT2D eigenvalue weighted by atomic mass is 9.90. The van der Waals surface area contributed by atoms with Crippen molar-refractivity contribution in [3.05, 3.63) is 58.2 Å². The van der Waals surface area contributed by atoms with Gasteiger partial charge in [-0.3, -0.25) is 14.7 Å². The molecule has 1 saturated heterocycles. The highest BCUT2D eigenvalue weighted by atomic mass is 16.1. The van der Waals surface area contributed by atoms with Crippen LogP contribution in [-0.2, 0) is 11.2 Å². The number of likely N-dealkylation sites (tertiary alicyclic amines) is 1. The maximum atomic E-state index is 13.1. The molecule has 4 rings (SSSR count). The Balaban J connectivity index is 1.47. The fraction of sp³-hybridized carbons (Fsp3) is 0.560. The number of amides is 1. The highest BCUT2D eigenvalue weighted by Crippen LogP contribution is 2.28. The molecule has 1 aliphatic carbocycles. The third kappa shape index (κ3) is 5.21. The molecule has 0 spiro atoms.